The summed E-state index contributed by atoms with van der Waals surface area (Å²) >= 11 is 12.0. The minimum Gasteiger partial charge on any atom is -0.390 e. The molecule has 1 saturated heterocycles. The van der Waals surface area contributed by atoms with Crippen LogP contribution in [0.15, 0.2) is 36.4 Å². The van der Waals surface area contributed by atoms with Crippen molar-refractivity contribution in [2.45, 2.75) is 57.6 Å². The number of likely N-dealkylation sites (tertiary alicyclic amines) is 1. The predicted molar refractivity (Wildman–Crippen MR) is 151 cm³/mol. The van der Waals surface area contributed by atoms with Gasteiger partial charge in [-0.05, 0) is 37.1 Å². The van der Waals surface area contributed by atoms with Gasteiger partial charge in [0.25, 0.3) is 0 Å². The van der Waals surface area contributed by atoms with Crippen LogP contribution in [0, 0.1) is 0 Å². The van der Waals surface area contributed by atoms with Gasteiger partial charge < -0.3 is 20.2 Å². The number of carbonyl (C=O) groups is 1. The van der Waals surface area contributed by atoms with Crippen molar-refractivity contribution in [3.05, 3.63) is 63.5 Å². The number of aliphatic hydroxyl groups is 1. The quantitative estimate of drug-likeness (QED) is 0.362. The third kappa shape index (κ3) is 7.14. The van der Waals surface area contributed by atoms with Crippen LogP contribution in [0.4, 0.5) is 18.9 Å². The number of β-amino-alcohol motifs (C(OH)–C–C–N with tert-alkyl or cyclic N) is 1. The molecule has 0 saturated carbocycles. The molecule has 2 N–H and O–H groups in total. The van der Waals surface area contributed by atoms with Gasteiger partial charge in [0.05, 0.1) is 23.9 Å². The van der Waals surface area contributed by atoms with Gasteiger partial charge in [0.1, 0.15) is 10.3 Å². The molecular weight excluding hydrogens is 580 g/mol. The van der Waals surface area contributed by atoms with E-state index in [4.69, 9.17) is 28.3 Å². The second kappa shape index (κ2) is 12.2. The van der Waals surface area contributed by atoms with Crippen molar-refractivity contribution in [1.82, 2.24) is 24.6 Å². The number of nitrogens with zero attached hydrogens (tertiary/aromatic N) is 5. The van der Waals surface area contributed by atoms with Crippen molar-refractivity contribution in [3.63, 3.8) is 0 Å². The van der Waals surface area contributed by atoms with E-state index in [1.807, 2.05) is 0 Å². The van der Waals surface area contributed by atoms with Gasteiger partial charge >= 0.3 is 6.18 Å². The fourth-order valence-electron chi connectivity index (χ4n) is 5.56. The minimum atomic E-state index is -4.43. The van der Waals surface area contributed by atoms with E-state index in [-0.39, 0.29) is 18.5 Å². The number of rotatable bonds is 7. The highest BCUT2D eigenvalue weighted by Gasteiger charge is 2.32. The molecule has 0 aliphatic carbocycles. The summed E-state index contributed by atoms with van der Waals surface area (Å²) in [4.78, 5) is 20.0. The van der Waals surface area contributed by atoms with Crippen molar-refractivity contribution >= 4 is 34.8 Å². The van der Waals surface area contributed by atoms with Crippen LogP contribution in [0.25, 0.3) is 11.3 Å². The number of anilines is 1. The first-order valence-electron chi connectivity index (χ1n) is 13.5. The van der Waals surface area contributed by atoms with Crippen LogP contribution in [-0.4, -0.2) is 73.9 Å². The van der Waals surface area contributed by atoms with Crippen LogP contribution >= 0.6 is 23.2 Å². The monoisotopic (exact) mass is 610 g/mol. The molecule has 4 heterocycles. The fourth-order valence-corrected chi connectivity index (χ4v) is 6.02. The first kappa shape index (κ1) is 29.6. The van der Waals surface area contributed by atoms with Gasteiger partial charge in [0.15, 0.2) is 0 Å². The van der Waals surface area contributed by atoms with Crippen LogP contribution in [0.3, 0.4) is 0 Å². The second-order valence-corrected chi connectivity index (χ2v) is 11.4. The number of nitrogens with one attached hydrogen (secondary N) is 1. The normalized spacial score (nSPS) is 17.4. The number of aliphatic hydroxyl groups excluding tert-OH is 1. The largest absolute Gasteiger partial charge is 0.416 e. The van der Waals surface area contributed by atoms with Crippen molar-refractivity contribution in [2.24, 2.45) is 0 Å². The summed E-state index contributed by atoms with van der Waals surface area (Å²) in [5, 5.41) is 19.9. The van der Waals surface area contributed by atoms with Gasteiger partial charge in [-0.3, -0.25) is 9.48 Å². The second-order valence-electron chi connectivity index (χ2n) is 10.6. The van der Waals surface area contributed by atoms with E-state index in [2.05, 4.69) is 15.2 Å². The third-order valence-corrected chi connectivity index (χ3v) is 8.03. The van der Waals surface area contributed by atoms with Gasteiger partial charge in [-0.1, -0.05) is 35.3 Å². The molecule has 41 heavy (non-hydrogen) atoms. The Kier molecular flexibility index (Phi) is 8.79. The first-order valence-corrected chi connectivity index (χ1v) is 14.2. The van der Waals surface area contributed by atoms with E-state index in [9.17, 15) is 23.1 Å². The number of hydrogen-bond donors (Lipinski definition) is 2. The Balaban J connectivity index is 1.25. The number of halogens is 5. The van der Waals surface area contributed by atoms with Gasteiger partial charge in [0.2, 0.25) is 5.91 Å². The van der Waals surface area contributed by atoms with Crippen molar-refractivity contribution < 1.29 is 23.1 Å². The van der Waals surface area contributed by atoms with E-state index < -0.39 is 17.8 Å². The van der Waals surface area contributed by atoms with E-state index in [0.29, 0.717) is 47.6 Å². The average Bonchev–Trinajstić information content (AvgIpc) is 3.26. The number of carbonyl (C=O) groups excluding carboxylic acids is 1. The molecule has 220 valence electrons. The van der Waals surface area contributed by atoms with E-state index in [1.165, 1.54) is 19.1 Å². The zero-order valence-corrected chi connectivity index (χ0v) is 24.0. The van der Waals surface area contributed by atoms with Crippen LogP contribution < -0.4 is 5.32 Å². The molecule has 1 aromatic carbocycles. The smallest absolute Gasteiger partial charge is 0.390 e. The van der Waals surface area contributed by atoms with Gasteiger partial charge in [-0.2, -0.15) is 18.3 Å². The Hall–Kier alpha value is -2.86. The first-order chi connectivity index (χ1) is 19.5. The molecule has 1 unspecified atom stereocenters. The predicted octanol–water partition coefficient (Wildman–Crippen LogP) is 5.11. The average molecular weight is 611 g/mol. The minimum absolute atomic E-state index is 0.0742. The molecule has 0 bridgehead atoms. The zero-order chi connectivity index (χ0) is 29.3. The molecule has 13 heteroatoms. The Morgan fingerprint density at radius 1 is 1.10 bits per heavy atom. The molecule has 0 spiro atoms. The molecule has 2 aliphatic heterocycles. The lowest BCUT2D eigenvalue weighted by Gasteiger charge is -2.34. The van der Waals surface area contributed by atoms with Crippen molar-refractivity contribution in [2.75, 3.05) is 31.5 Å². The van der Waals surface area contributed by atoms with E-state index in [0.717, 1.165) is 55.0 Å². The summed E-state index contributed by atoms with van der Waals surface area (Å²) < 4.78 is 41.1. The van der Waals surface area contributed by atoms with Gasteiger partial charge in [0, 0.05) is 74.6 Å². The van der Waals surface area contributed by atoms with Gasteiger partial charge in [-0.15, -0.1) is 0 Å². The highest BCUT2D eigenvalue weighted by atomic mass is 35.5. The molecule has 1 fully saturated rings. The molecule has 0 radical (unpaired) electrons. The topological polar surface area (TPSA) is 86.5 Å². The molecule has 1 amide bonds. The van der Waals surface area contributed by atoms with Crippen LogP contribution in [-0.2, 0) is 30.5 Å². The molecule has 3 aromatic rings. The molecule has 1 atom stereocenters. The number of amides is 1. The molecule has 2 aromatic heterocycles. The third-order valence-electron chi connectivity index (χ3n) is 7.64. The van der Waals surface area contributed by atoms with Gasteiger partial charge in [-0.25, -0.2) is 4.98 Å². The Morgan fingerprint density at radius 2 is 1.76 bits per heavy atom. The number of piperidine rings is 1. The summed E-state index contributed by atoms with van der Waals surface area (Å²) in [6, 6.07) is 8.61. The van der Waals surface area contributed by atoms with Crippen molar-refractivity contribution in [1.29, 1.82) is 0 Å². The number of pyridine rings is 1. The lowest BCUT2D eigenvalue weighted by atomic mass is 10.00. The van der Waals surface area contributed by atoms with E-state index >= 15 is 0 Å². The fraction of sp³-hybridized carbons (Fsp3) is 0.464. The number of hydrogen-bond acceptors (Lipinski definition) is 6. The molecule has 8 nitrogen and oxygen atoms in total. The zero-order valence-electron chi connectivity index (χ0n) is 22.5. The summed E-state index contributed by atoms with van der Waals surface area (Å²) in [5.74, 6) is -0.0742. The Bertz CT molecular complexity index is 1370. The highest BCUT2D eigenvalue weighted by Crippen LogP contribution is 2.34. The standard InChI is InChI=1S/C28H31Cl2F3N6O2/c1-17(40)38-11-8-24-23(16-38)27(18-2-4-19(5-3-18)28(31,32)33)36-39(24)15-22(41)14-37-9-6-20(7-10-37)34-21-12-25(29)35-26(30)13-21/h2-5,12-13,20,22,41H,6-11,14-16H2,1H3,(H,34,35). The number of alkyl halides is 3. The number of benzene rings is 1. The Morgan fingerprint density at radius 3 is 2.37 bits per heavy atom. The lowest BCUT2D eigenvalue weighted by Crippen LogP contribution is -2.43. The summed E-state index contributed by atoms with van der Waals surface area (Å²) in [6.07, 6.45) is -2.83. The number of aromatic nitrogens is 3. The van der Waals surface area contributed by atoms with E-state index in [1.54, 1.807) is 21.7 Å². The Labute approximate surface area is 246 Å². The maximum absolute atomic E-state index is 13.1. The maximum atomic E-state index is 13.1. The summed E-state index contributed by atoms with van der Waals surface area (Å²) in [5.41, 5.74) is 2.87. The highest BCUT2D eigenvalue weighted by molar-refractivity contribution is 6.32. The molecule has 5 rings (SSSR count). The van der Waals surface area contributed by atoms with Crippen LogP contribution in [0.2, 0.25) is 10.3 Å². The van der Waals surface area contributed by atoms with Crippen LogP contribution in [0.1, 0.15) is 36.6 Å². The van der Waals surface area contributed by atoms with Crippen LogP contribution in [0.5, 0.6) is 0 Å². The maximum Gasteiger partial charge on any atom is 0.416 e. The molecular formula is C28H31Cl2F3N6O2. The summed E-state index contributed by atoms with van der Waals surface area (Å²) in [7, 11) is 0. The lowest BCUT2D eigenvalue weighted by molar-refractivity contribution is -0.137. The number of fused-ring (bicyclic) bond motifs is 1. The summed E-state index contributed by atoms with van der Waals surface area (Å²) in [6.45, 7) is 4.64. The molecule has 2 aliphatic rings. The SMILES string of the molecule is CC(=O)N1CCc2c(c(-c3ccc(C(F)(F)F)cc3)nn2CC(O)CN2CCC(Nc3cc(Cl)nc(Cl)c3)CC2)C1. The van der Waals surface area contributed by atoms with Crippen molar-refractivity contribution in [3.8, 4) is 11.3 Å².